The zero-order valence-corrected chi connectivity index (χ0v) is 11.6. The van der Waals surface area contributed by atoms with Crippen molar-refractivity contribution in [2.45, 2.75) is 80.6 Å². The van der Waals surface area contributed by atoms with Crippen LogP contribution in [0.1, 0.15) is 51.9 Å². The highest BCUT2D eigenvalue weighted by molar-refractivity contribution is 8.00. The van der Waals surface area contributed by atoms with E-state index in [1.54, 1.807) is 0 Å². The van der Waals surface area contributed by atoms with E-state index in [9.17, 15) is 5.11 Å². The summed E-state index contributed by atoms with van der Waals surface area (Å²) in [4.78, 5) is 0. The van der Waals surface area contributed by atoms with Gasteiger partial charge >= 0.3 is 0 Å². The van der Waals surface area contributed by atoms with Crippen molar-refractivity contribution < 1.29 is 5.11 Å². The summed E-state index contributed by atoms with van der Waals surface area (Å²) in [5, 5.41) is 15.4. The Bertz CT molecular complexity index is 271. The van der Waals surface area contributed by atoms with Gasteiger partial charge in [0.1, 0.15) is 0 Å². The van der Waals surface area contributed by atoms with Crippen molar-refractivity contribution >= 4 is 11.8 Å². The monoisotopic (exact) mass is 255 g/mol. The molecule has 6 atom stereocenters. The van der Waals surface area contributed by atoms with Crippen LogP contribution in [0.2, 0.25) is 0 Å². The number of rotatable bonds is 1. The van der Waals surface area contributed by atoms with Crippen molar-refractivity contribution in [2.75, 3.05) is 0 Å². The maximum atomic E-state index is 9.77. The highest BCUT2D eigenvalue weighted by Crippen LogP contribution is 2.43. The van der Waals surface area contributed by atoms with E-state index >= 15 is 0 Å². The van der Waals surface area contributed by atoms with Gasteiger partial charge in [0.25, 0.3) is 0 Å². The molecule has 6 unspecified atom stereocenters. The molecule has 0 aromatic heterocycles. The summed E-state index contributed by atoms with van der Waals surface area (Å²) < 4.78 is 0. The first-order valence-corrected chi connectivity index (χ1v) is 8.28. The lowest BCUT2D eigenvalue weighted by Gasteiger charge is -2.48. The Labute approximate surface area is 109 Å². The van der Waals surface area contributed by atoms with Crippen LogP contribution < -0.4 is 5.32 Å². The van der Waals surface area contributed by atoms with Crippen LogP contribution in [0, 0.1) is 5.92 Å². The van der Waals surface area contributed by atoms with E-state index in [2.05, 4.69) is 17.1 Å². The maximum Gasteiger partial charge on any atom is 0.0540 e. The minimum Gasteiger partial charge on any atom is -0.393 e. The van der Waals surface area contributed by atoms with Gasteiger partial charge in [0, 0.05) is 22.6 Å². The summed E-state index contributed by atoms with van der Waals surface area (Å²) in [6.07, 6.45) is 9.25. The maximum absolute atomic E-state index is 9.77. The number of fused-ring (bicyclic) bond motifs is 2. The van der Waals surface area contributed by atoms with Crippen molar-refractivity contribution in [3.8, 4) is 0 Å². The second-order valence-electron chi connectivity index (χ2n) is 6.19. The van der Waals surface area contributed by atoms with E-state index in [1.807, 2.05) is 6.92 Å². The van der Waals surface area contributed by atoms with Crippen molar-refractivity contribution in [3.05, 3.63) is 0 Å². The third-order valence-corrected chi connectivity index (χ3v) is 6.82. The largest absolute Gasteiger partial charge is 0.393 e. The molecule has 0 spiro atoms. The number of nitrogens with one attached hydrogen (secondary N) is 1. The molecule has 2 saturated carbocycles. The molecule has 2 nitrogen and oxygen atoms in total. The Morgan fingerprint density at radius 3 is 2.65 bits per heavy atom. The summed E-state index contributed by atoms with van der Waals surface area (Å²) in [6, 6.07) is 1.44. The first kappa shape index (κ1) is 12.3. The summed E-state index contributed by atoms with van der Waals surface area (Å²) in [5.41, 5.74) is 0. The fraction of sp³-hybridized carbons (Fsp3) is 1.00. The predicted octanol–water partition coefficient (Wildman–Crippen LogP) is 2.55. The van der Waals surface area contributed by atoms with E-state index in [-0.39, 0.29) is 6.10 Å². The van der Waals surface area contributed by atoms with Gasteiger partial charge in [0.05, 0.1) is 6.10 Å². The molecule has 17 heavy (non-hydrogen) atoms. The lowest BCUT2D eigenvalue weighted by molar-refractivity contribution is 0.0873. The Hall–Kier alpha value is 0.270. The molecule has 3 heteroatoms. The van der Waals surface area contributed by atoms with E-state index in [1.165, 1.54) is 44.9 Å². The Kier molecular flexibility index (Phi) is 3.69. The number of hydrogen-bond donors (Lipinski definition) is 2. The van der Waals surface area contributed by atoms with Crippen LogP contribution in [0.4, 0.5) is 0 Å². The van der Waals surface area contributed by atoms with Crippen LogP contribution in [-0.2, 0) is 0 Å². The van der Waals surface area contributed by atoms with Gasteiger partial charge < -0.3 is 10.4 Å². The molecule has 1 aliphatic heterocycles. The molecule has 0 amide bonds. The van der Waals surface area contributed by atoms with Gasteiger partial charge in [-0.3, -0.25) is 0 Å². The molecule has 2 aliphatic carbocycles. The molecular weight excluding hydrogens is 230 g/mol. The number of aliphatic hydroxyl groups excluding tert-OH is 1. The van der Waals surface area contributed by atoms with Gasteiger partial charge in [-0.25, -0.2) is 0 Å². The number of hydrogen-bond acceptors (Lipinski definition) is 3. The lowest BCUT2D eigenvalue weighted by Crippen LogP contribution is -2.57. The standard InChI is InChI=1S/C14H25NOS/c1-9(16)10-6-7-14-12(8-10)15-11-4-2-3-5-13(11)17-14/h9-16H,2-8H2,1H3. The zero-order chi connectivity index (χ0) is 11.8. The van der Waals surface area contributed by atoms with Crippen molar-refractivity contribution in [2.24, 2.45) is 5.92 Å². The summed E-state index contributed by atoms with van der Waals surface area (Å²) in [7, 11) is 0. The molecule has 0 aromatic rings. The molecule has 3 aliphatic rings. The third kappa shape index (κ3) is 2.52. The molecule has 3 rings (SSSR count). The first-order chi connectivity index (χ1) is 8.24. The van der Waals surface area contributed by atoms with E-state index < -0.39 is 0 Å². The van der Waals surface area contributed by atoms with Gasteiger partial charge in [-0.1, -0.05) is 12.8 Å². The molecule has 0 aromatic carbocycles. The topological polar surface area (TPSA) is 32.3 Å². The molecule has 1 saturated heterocycles. The first-order valence-electron chi connectivity index (χ1n) is 7.33. The summed E-state index contributed by atoms with van der Waals surface area (Å²) in [5.74, 6) is 0.532. The van der Waals surface area contributed by atoms with Crippen LogP contribution in [0.25, 0.3) is 0 Å². The fourth-order valence-corrected chi connectivity index (χ4v) is 5.71. The zero-order valence-electron chi connectivity index (χ0n) is 10.8. The quantitative estimate of drug-likeness (QED) is 0.755. The normalized spacial score (nSPS) is 48.0. The Morgan fingerprint density at radius 2 is 1.82 bits per heavy atom. The van der Waals surface area contributed by atoms with Crippen molar-refractivity contribution in [3.63, 3.8) is 0 Å². The van der Waals surface area contributed by atoms with E-state index in [4.69, 9.17) is 0 Å². The second kappa shape index (κ2) is 5.10. The molecule has 3 fully saturated rings. The van der Waals surface area contributed by atoms with Gasteiger partial charge in [0.15, 0.2) is 0 Å². The molecular formula is C14H25NOS. The van der Waals surface area contributed by atoms with Crippen LogP contribution in [0.5, 0.6) is 0 Å². The smallest absolute Gasteiger partial charge is 0.0540 e. The minimum absolute atomic E-state index is 0.119. The summed E-state index contributed by atoms with van der Waals surface area (Å²) in [6.45, 7) is 1.96. The summed E-state index contributed by atoms with van der Waals surface area (Å²) >= 11 is 2.27. The minimum atomic E-state index is -0.119. The number of thioether (sulfide) groups is 1. The Balaban J connectivity index is 1.64. The SMILES string of the molecule is CC(O)C1CCC2SC3CCCCC3NC2C1. The van der Waals surface area contributed by atoms with Gasteiger partial charge in [-0.05, 0) is 44.9 Å². The average molecular weight is 255 g/mol. The molecule has 98 valence electrons. The van der Waals surface area contributed by atoms with Crippen LogP contribution in [0.3, 0.4) is 0 Å². The lowest BCUT2D eigenvalue weighted by atomic mass is 9.81. The van der Waals surface area contributed by atoms with Crippen molar-refractivity contribution in [1.29, 1.82) is 0 Å². The Morgan fingerprint density at radius 1 is 1.06 bits per heavy atom. The number of aliphatic hydroxyl groups is 1. The van der Waals surface area contributed by atoms with Crippen LogP contribution in [0.15, 0.2) is 0 Å². The highest BCUT2D eigenvalue weighted by atomic mass is 32.2. The average Bonchev–Trinajstić information content (AvgIpc) is 2.35. The second-order valence-corrected chi connectivity index (χ2v) is 7.67. The highest BCUT2D eigenvalue weighted by Gasteiger charge is 2.41. The van der Waals surface area contributed by atoms with Gasteiger partial charge in [-0.15, -0.1) is 0 Å². The molecule has 1 heterocycles. The van der Waals surface area contributed by atoms with Crippen LogP contribution >= 0.6 is 11.8 Å². The van der Waals surface area contributed by atoms with Gasteiger partial charge in [-0.2, -0.15) is 11.8 Å². The van der Waals surface area contributed by atoms with E-state index in [0.717, 1.165) is 16.5 Å². The third-order valence-electron chi connectivity index (χ3n) is 4.99. The van der Waals surface area contributed by atoms with E-state index in [0.29, 0.717) is 12.0 Å². The molecule has 0 bridgehead atoms. The molecule has 2 N–H and O–H groups in total. The predicted molar refractivity (Wildman–Crippen MR) is 73.4 cm³/mol. The fourth-order valence-electron chi connectivity index (χ4n) is 3.90. The molecule has 0 radical (unpaired) electrons. The van der Waals surface area contributed by atoms with Crippen LogP contribution in [-0.4, -0.2) is 33.8 Å². The van der Waals surface area contributed by atoms with Crippen molar-refractivity contribution in [1.82, 2.24) is 5.32 Å². The van der Waals surface area contributed by atoms with Gasteiger partial charge in [0.2, 0.25) is 0 Å².